The Balaban J connectivity index is 2.41. The zero-order chi connectivity index (χ0) is 8.81. The molecule has 0 aliphatic rings. The molecule has 0 saturated heterocycles. The van der Waals surface area contributed by atoms with E-state index in [0.717, 1.165) is 18.8 Å². The number of hydrogen-bond acceptors (Lipinski definition) is 2. The van der Waals surface area contributed by atoms with E-state index in [0.29, 0.717) is 0 Å². The minimum absolute atomic E-state index is 0.906. The molecule has 66 valence electrons. The van der Waals surface area contributed by atoms with E-state index in [-0.39, 0.29) is 0 Å². The first-order valence-electron chi connectivity index (χ1n) is 4.31. The molecule has 0 atom stereocenters. The monoisotopic (exact) mass is 165 g/mol. The molecule has 0 aliphatic heterocycles. The summed E-state index contributed by atoms with van der Waals surface area (Å²) in [4.78, 5) is 8.38. The van der Waals surface area contributed by atoms with E-state index >= 15 is 0 Å². The molecule has 0 unspecified atom stereocenters. The summed E-state index contributed by atoms with van der Waals surface area (Å²) >= 11 is 0. The van der Waals surface area contributed by atoms with E-state index in [9.17, 15) is 0 Å². The fourth-order valence-corrected chi connectivity index (χ4v) is 0.897. The summed E-state index contributed by atoms with van der Waals surface area (Å²) in [6, 6.07) is 0. The third kappa shape index (κ3) is 2.49. The molecule has 1 heterocycles. The van der Waals surface area contributed by atoms with E-state index in [1.54, 1.807) is 6.20 Å². The van der Waals surface area contributed by atoms with Crippen molar-refractivity contribution in [2.75, 3.05) is 6.54 Å². The molecular formula is C9H15N3. The molecule has 0 bridgehead atoms. The molecule has 1 rings (SSSR count). The molecule has 3 heteroatoms. The maximum Gasteiger partial charge on any atom is 0.150 e. The molecule has 3 nitrogen and oxygen atoms in total. The summed E-state index contributed by atoms with van der Waals surface area (Å²) in [5.74, 6) is 0.922. The lowest BCUT2D eigenvalue weighted by Gasteiger charge is -1.92. The number of aryl methyl sites for hydroxylation is 1. The van der Waals surface area contributed by atoms with E-state index in [4.69, 9.17) is 0 Å². The highest BCUT2D eigenvalue weighted by molar-refractivity contribution is 5.74. The van der Waals surface area contributed by atoms with Crippen LogP contribution in [0.5, 0.6) is 0 Å². The van der Waals surface area contributed by atoms with Gasteiger partial charge in [-0.1, -0.05) is 13.3 Å². The molecule has 0 fully saturated rings. The van der Waals surface area contributed by atoms with Gasteiger partial charge in [0.15, 0.2) is 0 Å². The highest BCUT2D eigenvalue weighted by atomic mass is 15.0. The molecule has 1 aromatic heterocycles. The highest BCUT2D eigenvalue weighted by Gasteiger charge is 1.91. The minimum atomic E-state index is 0.906. The second kappa shape index (κ2) is 4.70. The van der Waals surface area contributed by atoms with Crippen LogP contribution in [0, 0.1) is 0 Å². The number of imidazole rings is 1. The molecule has 0 aromatic carbocycles. The van der Waals surface area contributed by atoms with Gasteiger partial charge in [-0.15, -0.1) is 0 Å². The standard InChI is InChI=1S/C9H15N3/c1-3-4-5-10-8-9-11-6-7-12(9)2/h6-8H,3-5H2,1-2H3. The molecule has 0 radical (unpaired) electrons. The van der Waals surface area contributed by atoms with Crippen LogP contribution in [0.2, 0.25) is 0 Å². The van der Waals surface area contributed by atoms with Gasteiger partial charge in [-0.3, -0.25) is 4.99 Å². The Bertz CT molecular complexity index is 250. The van der Waals surface area contributed by atoms with Crippen molar-refractivity contribution in [2.45, 2.75) is 19.8 Å². The summed E-state index contributed by atoms with van der Waals surface area (Å²) in [6.07, 6.45) is 7.87. The van der Waals surface area contributed by atoms with Crippen molar-refractivity contribution in [3.05, 3.63) is 18.2 Å². The second-order valence-corrected chi connectivity index (χ2v) is 2.79. The average molecular weight is 165 g/mol. The molecule has 0 amide bonds. The highest BCUT2D eigenvalue weighted by Crippen LogP contribution is 1.91. The van der Waals surface area contributed by atoms with E-state index in [1.807, 2.05) is 24.0 Å². The summed E-state index contributed by atoms with van der Waals surface area (Å²) in [7, 11) is 1.97. The van der Waals surface area contributed by atoms with Crippen LogP contribution in [0.15, 0.2) is 17.4 Å². The SMILES string of the molecule is CCCCN=Cc1nccn1C. The normalized spacial score (nSPS) is 11.2. The lowest BCUT2D eigenvalue weighted by molar-refractivity contribution is 0.808. The van der Waals surface area contributed by atoms with Crippen molar-refractivity contribution in [1.29, 1.82) is 0 Å². The number of unbranched alkanes of at least 4 members (excludes halogenated alkanes) is 1. The first-order valence-corrected chi connectivity index (χ1v) is 4.31. The number of rotatable bonds is 4. The van der Waals surface area contributed by atoms with Crippen LogP contribution in [-0.4, -0.2) is 22.3 Å². The van der Waals surface area contributed by atoms with Crippen molar-refractivity contribution in [3.8, 4) is 0 Å². The maximum absolute atomic E-state index is 4.26. The summed E-state index contributed by atoms with van der Waals surface area (Å²) < 4.78 is 1.95. The van der Waals surface area contributed by atoms with Gasteiger partial charge in [0.05, 0.1) is 6.21 Å². The van der Waals surface area contributed by atoms with Gasteiger partial charge in [0.1, 0.15) is 5.82 Å². The Hall–Kier alpha value is -1.12. The zero-order valence-electron chi connectivity index (χ0n) is 7.70. The Morgan fingerprint density at radius 2 is 2.50 bits per heavy atom. The average Bonchev–Trinajstić information content (AvgIpc) is 2.46. The number of aromatic nitrogens is 2. The van der Waals surface area contributed by atoms with Crippen LogP contribution in [0.4, 0.5) is 0 Å². The third-order valence-electron chi connectivity index (χ3n) is 1.71. The van der Waals surface area contributed by atoms with Crippen LogP contribution in [0.25, 0.3) is 0 Å². The Labute approximate surface area is 73.2 Å². The quantitative estimate of drug-likeness (QED) is 0.492. The molecule has 0 aliphatic carbocycles. The largest absolute Gasteiger partial charge is 0.333 e. The van der Waals surface area contributed by atoms with Crippen LogP contribution < -0.4 is 0 Å². The summed E-state index contributed by atoms with van der Waals surface area (Å²) in [5.41, 5.74) is 0. The van der Waals surface area contributed by atoms with Crippen LogP contribution >= 0.6 is 0 Å². The Morgan fingerprint density at radius 1 is 1.67 bits per heavy atom. The van der Waals surface area contributed by atoms with Crippen molar-refractivity contribution < 1.29 is 0 Å². The third-order valence-corrected chi connectivity index (χ3v) is 1.71. The van der Waals surface area contributed by atoms with Crippen molar-refractivity contribution in [1.82, 2.24) is 9.55 Å². The van der Waals surface area contributed by atoms with E-state index in [2.05, 4.69) is 16.9 Å². The van der Waals surface area contributed by atoms with Crippen molar-refractivity contribution in [3.63, 3.8) is 0 Å². The first kappa shape index (κ1) is 8.97. The smallest absolute Gasteiger partial charge is 0.150 e. The number of hydrogen-bond donors (Lipinski definition) is 0. The molecular weight excluding hydrogens is 150 g/mol. The maximum atomic E-state index is 4.26. The van der Waals surface area contributed by atoms with E-state index < -0.39 is 0 Å². The summed E-state index contributed by atoms with van der Waals surface area (Å²) in [6.45, 7) is 3.07. The van der Waals surface area contributed by atoms with Crippen molar-refractivity contribution >= 4 is 6.21 Å². The predicted octanol–water partition coefficient (Wildman–Crippen LogP) is 1.64. The lowest BCUT2D eigenvalue weighted by Crippen LogP contribution is -1.95. The molecule has 0 N–H and O–H groups in total. The van der Waals surface area contributed by atoms with Gasteiger partial charge >= 0.3 is 0 Å². The fraction of sp³-hybridized carbons (Fsp3) is 0.556. The van der Waals surface area contributed by atoms with E-state index in [1.165, 1.54) is 6.42 Å². The molecule has 0 spiro atoms. The van der Waals surface area contributed by atoms with Gasteiger partial charge in [-0.25, -0.2) is 4.98 Å². The van der Waals surface area contributed by atoms with Crippen LogP contribution in [-0.2, 0) is 7.05 Å². The first-order chi connectivity index (χ1) is 5.84. The Kier molecular flexibility index (Phi) is 3.51. The van der Waals surface area contributed by atoms with Gasteiger partial charge in [-0.2, -0.15) is 0 Å². The van der Waals surface area contributed by atoms with Gasteiger partial charge in [0, 0.05) is 26.0 Å². The summed E-state index contributed by atoms with van der Waals surface area (Å²) in [5, 5.41) is 0. The van der Waals surface area contributed by atoms with Gasteiger partial charge in [0.2, 0.25) is 0 Å². The zero-order valence-corrected chi connectivity index (χ0v) is 7.70. The number of nitrogens with zero attached hydrogens (tertiary/aromatic N) is 3. The lowest BCUT2D eigenvalue weighted by atomic mass is 10.3. The topological polar surface area (TPSA) is 30.2 Å². The minimum Gasteiger partial charge on any atom is -0.333 e. The van der Waals surface area contributed by atoms with Gasteiger partial charge in [0.25, 0.3) is 0 Å². The molecule has 12 heavy (non-hydrogen) atoms. The molecule has 1 aromatic rings. The second-order valence-electron chi connectivity index (χ2n) is 2.79. The predicted molar refractivity (Wildman–Crippen MR) is 50.6 cm³/mol. The molecule has 0 saturated carbocycles. The van der Waals surface area contributed by atoms with Gasteiger partial charge in [-0.05, 0) is 6.42 Å². The van der Waals surface area contributed by atoms with Crippen LogP contribution in [0.3, 0.4) is 0 Å². The van der Waals surface area contributed by atoms with Gasteiger partial charge < -0.3 is 4.57 Å². The Morgan fingerprint density at radius 3 is 3.08 bits per heavy atom. The number of aliphatic imine (C=N–C) groups is 1. The van der Waals surface area contributed by atoms with Crippen molar-refractivity contribution in [2.24, 2.45) is 12.0 Å². The van der Waals surface area contributed by atoms with Crippen LogP contribution in [0.1, 0.15) is 25.6 Å². The fourth-order valence-electron chi connectivity index (χ4n) is 0.897.